The average Bonchev–Trinajstić information content (AvgIpc) is 2.93. The van der Waals surface area contributed by atoms with E-state index in [4.69, 9.17) is 11.6 Å². The zero-order valence-corrected chi connectivity index (χ0v) is 19.7. The minimum Gasteiger partial charge on any atom is -0.337 e. The van der Waals surface area contributed by atoms with E-state index >= 15 is 0 Å². The zero-order chi connectivity index (χ0) is 22.8. The topological polar surface area (TPSA) is 105 Å². The van der Waals surface area contributed by atoms with Gasteiger partial charge >= 0.3 is 0 Å². The third-order valence-corrected chi connectivity index (χ3v) is 7.46. The number of hydrogen-bond acceptors (Lipinski definition) is 7. The van der Waals surface area contributed by atoms with E-state index in [0.717, 1.165) is 37.1 Å². The molecule has 0 saturated carbocycles. The van der Waals surface area contributed by atoms with Crippen LogP contribution in [0.1, 0.15) is 22.3 Å². The fourth-order valence-corrected chi connectivity index (χ4v) is 4.95. The first kappa shape index (κ1) is 23.6. The molecule has 0 radical (unpaired) electrons. The number of aromatic nitrogens is 1. The molecule has 31 heavy (non-hydrogen) atoms. The molecule has 0 N–H and O–H groups in total. The maximum atomic E-state index is 13.1. The van der Waals surface area contributed by atoms with Gasteiger partial charge in [-0.05, 0) is 36.2 Å². The summed E-state index contributed by atoms with van der Waals surface area (Å²) in [6.45, 7) is 3.01. The minimum absolute atomic E-state index is 0.0544. The van der Waals surface area contributed by atoms with E-state index in [-0.39, 0.29) is 21.3 Å². The van der Waals surface area contributed by atoms with Gasteiger partial charge in [0.15, 0.2) is 19.7 Å². The van der Waals surface area contributed by atoms with Crippen molar-refractivity contribution in [3.63, 3.8) is 0 Å². The Morgan fingerprint density at radius 2 is 1.61 bits per heavy atom. The third kappa shape index (κ3) is 6.25. The molecule has 1 aromatic heterocycles. The van der Waals surface area contributed by atoms with Crippen LogP contribution in [-0.2, 0) is 26.2 Å². The zero-order valence-electron chi connectivity index (χ0n) is 17.3. The maximum absolute atomic E-state index is 13.1. The Morgan fingerprint density at radius 1 is 0.968 bits per heavy atom. The minimum atomic E-state index is -3.68. The molecule has 168 valence electrons. The molecule has 1 aliphatic heterocycles. The van der Waals surface area contributed by atoms with Gasteiger partial charge in [0.1, 0.15) is 5.15 Å². The first-order valence-corrected chi connectivity index (χ1v) is 13.8. The lowest BCUT2D eigenvalue weighted by Crippen LogP contribution is -2.35. The first-order valence-electron chi connectivity index (χ1n) is 9.61. The van der Waals surface area contributed by atoms with Crippen LogP contribution in [0.2, 0.25) is 5.15 Å². The van der Waals surface area contributed by atoms with Gasteiger partial charge in [0.2, 0.25) is 0 Å². The van der Waals surface area contributed by atoms with E-state index in [1.54, 1.807) is 17.2 Å². The second-order valence-corrected chi connectivity index (χ2v) is 12.1. The van der Waals surface area contributed by atoms with E-state index in [0.29, 0.717) is 31.3 Å². The highest BCUT2D eigenvalue weighted by Crippen LogP contribution is 2.21. The van der Waals surface area contributed by atoms with Crippen LogP contribution in [0.4, 0.5) is 0 Å². The lowest BCUT2D eigenvalue weighted by molar-refractivity contribution is 0.0760. The highest BCUT2D eigenvalue weighted by atomic mass is 35.5. The molecule has 0 unspecified atom stereocenters. The van der Waals surface area contributed by atoms with Crippen molar-refractivity contribution in [3.8, 4) is 0 Å². The quantitative estimate of drug-likeness (QED) is 0.595. The van der Waals surface area contributed by atoms with Crippen molar-refractivity contribution in [2.75, 3.05) is 38.7 Å². The first-order chi connectivity index (χ1) is 14.4. The lowest BCUT2D eigenvalue weighted by atomic mass is 10.2. The van der Waals surface area contributed by atoms with Gasteiger partial charge in [0, 0.05) is 57.0 Å². The summed E-state index contributed by atoms with van der Waals surface area (Å²) in [5.41, 5.74) is 1.07. The number of halogens is 1. The summed E-state index contributed by atoms with van der Waals surface area (Å²) >= 11 is 5.83. The van der Waals surface area contributed by atoms with Crippen molar-refractivity contribution in [2.45, 2.75) is 22.8 Å². The second kappa shape index (κ2) is 9.23. The van der Waals surface area contributed by atoms with Crippen molar-refractivity contribution >= 4 is 37.2 Å². The molecule has 2 aromatic rings. The number of carbonyl (C=O) groups excluding carboxylic acids is 1. The van der Waals surface area contributed by atoms with Crippen LogP contribution in [0.25, 0.3) is 0 Å². The van der Waals surface area contributed by atoms with E-state index in [2.05, 4.69) is 9.88 Å². The van der Waals surface area contributed by atoms with Gasteiger partial charge in [0.25, 0.3) is 5.91 Å². The number of carbonyl (C=O) groups is 1. The number of nitrogens with zero attached hydrogens (tertiary/aromatic N) is 3. The van der Waals surface area contributed by atoms with Gasteiger partial charge in [-0.3, -0.25) is 9.69 Å². The van der Waals surface area contributed by atoms with Crippen LogP contribution in [-0.4, -0.2) is 76.2 Å². The van der Waals surface area contributed by atoms with E-state index in [9.17, 15) is 21.6 Å². The molecular formula is C20H24ClN3O5S2. The number of pyridine rings is 1. The summed E-state index contributed by atoms with van der Waals surface area (Å²) in [7, 11) is -7.37. The fraction of sp³-hybridized carbons (Fsp3) is 0.400. The standard InChI is InChI=1S/C20H24ClN3O5S2/c1-30(26,27)17-10-16(11-18(12-17)31(2,28)29)20(25)24-7-3-6-23(8-9-24)14-15-4-5-19(21)22-13-15/h4-5,10-13H,3,6-9,14H2,1-2H3. The van der Waals surface area contributed by atoms with Gasteiger partial charge in [-0.15, -0.1) is 0 Å². The molecule has 1 aliphatic rings. The SMILES string of the molecule is CS(=O)(=O)c1cc(C(=O)N2CCCN(Cc3ccc(Cl)nc3)CC2)cc(S(C)(=O)=O)c1. The van der Waals surface area contributed by atoms with Crippen LogP contribution in [0, 0.1) is 0 Å². The Kier molecular flexibility index (Phi) is 7.04. The van der Waals surface area contributed by atoms with Crippen molar-refractivity contribution in [1.29, 1.82) is 0 Å². The predicted molar refractivity (Wildman–Crippen MR) is 118 cm³/mol. The van der Waals surface area contributed by atoms with Crippen molar-refractivity contribution in [1.82, 2.24) is 14.8 Å². The second-order valence-electron chi connectivity index (χ2n) is 7.65. The highest BCUT2D eigenvalue weighted by Gasteiger charge is 2.24. The Hall–Kier alpha value is -2.01. The van der Waals surface area contributed by atoms with Crippen molar-refractivity contribution < 1.29 is 21.6 Å². The summed E-state index contributed by atoms with van der Waals surface area (Å²) in [6, 6.07) is 7.22. The maximum Gasteiger partial charge on any atom is 0.253 e. The Morgan fingerprint density at radius 3 is 2.16 bits per heavy atom. The molecular weight excluding hydrogens is 462 g/mol. The molecule has 0 spiro atoms. The van der Waals surface area contributed by atoms with Crippen LogP contribution in [0.5, 0.6) is 0 Å². The van der Waals surface area contributed by atoms with Crippen LogP contribution in [0.3, 0.4) is 0 Å². The van der Waals surface area contributed by atoms with Gasteiger partial charge < -0.3 is 4.90 Å². The number of rotatable bonds is 5. The Labute approximate surface area is 187 Å². The molecule has 0 aliphatic carbocycles. The summed E-state index contributed by atoms with van der Waals surface area (Å²) in [5, 5.41) is 0.432. The lowest BCUT2D eigenvalue weighted by Gasteiger charge is -2.22. The normalized spacial score (nSPS) is 16.2. The summed E-state index contributed by atoms with van der Waals surface area (Å²) in [5.74, 6) is -0.384. The molecule has 0 bridgehead atoms. The molecule has 11 heteroatoms. The molecule has 1 saturated heterocycles. The Balaban J connectivity index is 1.79. The Bertz CT molecular complexity index is 1130. The molecule has 1 fully saturated rings. The molecule has 2 heterocycles. The van der Waals surface area contributed by atoms with E-state index in [1.807, 2.05) is 6.07 Å². The number of sulfone groups is 2. The van der Waals surface area contributed by atoms with Crippen LogP contribution < -0.4 is 0 Å². The van der Waals surface area contributed by atoms with Gasteiger partial charge in [0.05, 0.1) is 9.79 Å². The van der Waals surface area contributed by atoms with Gasteiger partial charge in [-0.1, -0.05) is 17.7 Å². The largest absolute Gasteiger partial charge is 0.337 e. The van der Waals surface area contributed by atoms with Crippen molar-refractivity contribution in [3.05, 3.63) is 52.8 Å². The molecule has 0 atom stereocenters. The third-order valence-electron chi connectivity index (χ3n) is 5.05. The average molecular weight is 486 g/mol. The monoisotopic (exact) mass is 485 g/mol. The number of hydrogen-bond donors (Lipinski definition) is 0. The van der Waals surface area contributed by atoms with Crippen molar-refractivity contribution in [2.24, 2.45) is 0 Å². The van der Waals surface area contributed by atoms with Gasteiger partial charge in [-0.2, -0.15) is 0 Å². The highest BCUT2D eigenvalue weighted by molar-refractivity contribution is 7.91. The van der Waals surface area contributed by atoms with Crippen LogP contribution >= 0.6 is 11.6 Å². The molecule has 3 rings (SSSR count). The summed E-state index contributed by atoms with van der Waals surface area (Å²) < 4.78 is 48.1. The molecule has 1 amide bonds. The van der Waals surface area contributed by atoms with E-state index in [1.165, 1.54) is 12.1 Å². The molecule has 8 nitrogen and oxygen atoms in total. The fourth-order valence-electron chi connectivity index (χ4n) is 3.40. The van der Waals surface area contributed by atoms with Crippen LogP contribution in [0.15, 0.2) is 46.3 Å². The summed E-state index contributed by atoms with van der Waals surface area (Å²) in [4.78, 5) is 20.6. The van der Waals surface area contributed by atoms with Gasteiger partial charge in [-0.25, -0.2) is 21.8 Å². The smallest absolute Gasteiger partial charge is 0.253 e. The molecule has 1 aromatic carbocycles. The number of amides is 1. The summed E-state index contributed by atoms with van der Waals surface area (Å²) in [6.07, 6.45) is 4.42. The van der Waals surface area contributed by atoms with E-state index < -0.39 is 19.7 Å². The number of benzene rings is 1. The predicted octanol–water partition coefficient (Wildman–Crippen LogP) is 1.89.